The topological polar surface area (TPSA) is 44.8 Å². The maximum atomic E-state index is 12.4. The Morgan fingerprint density at radius 3 is 2.65 bits per heavy atom. The number of carbonyl (C=O) groups excluding carboxylic acids is 1. The average molecular weight is 364 g/mol. The molecule has 1 amide bonds. The van der Waals surface area contributed by atoms with E-state index in [1.54, 1.807) is 4.90 Å². The van der Waals surface area contributed by atoms with Crippen molar-refractivity contribution in [2.45, 2.75) is 6.54 Å². The van der Waals surface area contributed by atoms with Crippen molar-refractivity contribution in [1.82, 2.24) is 15.1 Å². The zero-order chi connectivity index (χ0) is 15.1. The molecule has 1 aromatic carbocycles. The lowest BCUT2D eigenvalue weighted by Crippen LogP contribution is -2.35. The highest BCUT2D eigenvalue weighted by molar-refractivity contribution is 5.94. The Kier molecular flexibility index (Phi) is 11.2. The van der Waals surface area contributed by atoms with E-state index in [4.69, 9.17) is 4.74 Å². The summed E-state index contributed by atoms with van der Waals surface area (Å²) in [6.07, 6.45) is 0. The lowest BCUT2D eigenvalue weighted by atomic mass is 10.1. The average Bonchev–Trinajstić information content (AvgIpc) is 2.53. The second-order valence-electron chi connectivity index (χ2n) is 5.42. The van der Waals surface area contributed by atoms with Gasteiger partial charge in [-0.2, -0.15) is 0 Å². The molecular weight excluding hydrogens is 337 g/mol. The lowest BCUT2D eigenvalue weighted by Gasteiger charge is -2.26. The third kappa shape index (κ3) is 7.06. The van der Waals surface area contributed by atoms with Gasteiger partial charge in [0.2, 0.25) is 0 Å². The number of carbonyl (C=O) groups is 1. The first-order valence-electron chi connectivity index (χ1n) is 7.50. The zero-order valence-electron chi connectivity index (χ0n) is 13.8. The minimum atomic E-state index is 0. The van der Waals surface area contributed by atoms with Crippen molar-refractivity contribution in [3.63, 3.8) is 0 Å². The highest BCUT2D eigenvalue weighted by Crippen LogP contribution is 2.11. The van der Waals surface area contributed by atoms with Gasteiger partial charge in [-0.15, -0.1) is 24.8 Å². The number of likely N-dealkylation sites (N-methyl/N-ethyl adjacent to an activating group) is 2. The molecule has 0 aliphatic carbocycles. The second kappa shape index (κ2) is 11.6. The summed E-state index contributed by atoms with van der Waals surface area (Å²) in [6.45, 7) is 5.90. The number of benzene rings is 1. The molecular formula is C16H27Cl2N3O2. The summed E-state index contributed by atoms with van der Waals surface area (Å²) in [5.74, 6) is 0.0778. The largest absolute Gasteiger partial charge is 0.379 e. The second-order valence-corrected chi connectivity index (χ2v) is 5.42. The highest BCUT2D eigenvalue weighted by Gasteiger charge is 2.14. The van der Waals surface area contributed by atoms with Gasteiger partial charge in [-0.3, -0.25) is 9.69 Å². The van der Waals surface area contributed by atoms with Gasteiger partial charge in [0.1, 0.15) is 0 Å². The molecule has 0 atom stereocenters. The van der Waals surface area contributed by atoms with Crippen molar-refractivity contribution in [2.24, 2.45) is 0 Å². The Morgan fingerprint density at radius 2 is 2.00 bits per heavy atom. The van der Waals surface area contributed by atoms with Gasteiger partial charge in [0.15, 0.2) is 0 Å². The SMILES string of the molecule is CNCCN(C)C(=O)c1cccc(CN2CCOCC2)c1.Cl.Cl. The Bertz CT molecular complexity index is 468. The smallest absolute Gasteiger partial charge is 0.253 e. The molecule has 0 radical (unpaired) electrons. The first kappa shape index (κ1) is 22.1. The summed E-state index contributed by atoms with van der Waals surface area (Å²) >= 11 is 0. The fraction of sp³-hybridized carbons (Fsp3) is 0.562. The predicted molar refractivity (Wildman–Crippen MR) is 97.9 cm³/mol. The third-order valence-electron chi connectivity index (χ3n) is 3.73. The van der Waals surface area contributed by atoms with Crippen LogP contribution < -0.4 is 5.32 Å². The minimum absolute atomic E-state index is 0. The van der Waals surface area contributed by atoms with Crippen molar-refractivity contribution < 1.29 is 9.53 Å². The Labute approximate surface area is 151 Å². The van der Waals surface area contributed by atoms with E-state index in [0.29, 0.717) is 6.54 Å². The van der Waals surface area contributed by atoms with Crippen LogP contribution in [0.2, 0.25) is 0 Å². The van der Waals surface area contributed by atoms with E-state index in [2.05, 4.69) is 16.3 Å². The van der Waals surface area contributed by atoms with Crippen LogP contribution >= 0.6 is 24.8 Å². The first-order valence-corrected chi connectivity index (χ1v) is 7.50. The number of rotatable bonds is 6. The molecule has 2 rings (SSSR count). The minimum Gasteiger partial charge on any atom is -0.379 e. The van der Waals surface area contributed by atoms with E-state index >= 15 is 0 Å². The van der Waals surface area contributed by atoms with Gasteiger partial charge in [0.05, 0.1) is 13.2 Å². The Morgan fingerprint density at radius 1 is 1.30 bits per heavy atom. The molecule has 1 aromatic rings. The van der Waals surface area contributed by atoms with Gasteiger partial charge in [-0.25, -0.2) is 0 Å². The molecule has 1 aliphatic rings. The zero-order valence-corrected chi connectivity index (χ0v) is 15.4. The van der Waals surface area contributed by atoms with Crippen molar-refractivity contribution in [3.05, 3.63) is 35.4 Å². The number of halogens is 2. The van der Waals surface area contributed by atoms with Crippen LogP contribution in [0.1, 0.15) is 15.9 Å². The van der Waals surface area contributed by atoms with E-state index in [1.807, 2.05) is 32.3 Å². The summed E-state index contributed by atoms with van der Waals surface area (Å²) in [4.78, 5) is 16.5. The van der Waals surface area contributed by atoms with Crippen LogP contribution in [0.4, 0.5) is 0 Å². The summed E-state index contributed by atoms with van der Waals surface area (Å²) in [5, 5.41) is 3.06. The molecule has 1 fully saturated rings. The van der Waals surface area contributed by atoms with Crippen molar-refractivity contribution >= 4 is 30.7 Å². The number of nitrogens with zero attached hydrogens (tertiary/aromatic N) is 2. The van der Waals surface area contributed by atoms with Gasteiger partial charge in [0.25, 0.3) is 5.91 Å². The van der Waals surface area contributed by atoms with Gasteiger partial charge in [-0.05, 0) is 24.7 Å². The molecule has 0 unspecified atom stereocenters. The van der Waals surface area contributed by atoms with Crippen LogP contribution in [0.15, 0.2) is 24.3 Å². The van der Waals surface area contributed by atoms with Gasteiger partial charge in [-0.1, -0.05) is 12.1 Å². The monoisotopic (exact) mass is 363 g/mol. The van der Waals surface area contributed by atoms with E-state index in [9.17, 15) is 4.79 Å². The molecule has 1 aliphatic heterocycles. The Hall–Kier alpha value is -0.850. The van der Waals surface area contributed by atoms with Crippen LogP contribution in [-0.4, -0.2) is 69.2 Å². The fourth-order valence-electron chi connectivity index (χ4n) is 2.42. The van der Waals surface area contributed by atoms with E-state index < -0.39 is 0 Å². The number of ether oxygens (including phenoxy) is 1. The summed E-state index contributed by atoms with van der Waals surface area (Å²) in [7, 11) is 3.73. The van der Waals surface area contributed by atoms with E-state index in [1.165, 1.54) is 5.56 Å². The predicted octanol–water partition coefficient (Wildman–Crippen LogP) is 1.65. The number of hydrogen-bond acceptors (Lipinski definition) is 4. The third-order valence-corrected chi connectivity index (χ3v) is 3.73. The van der Waals surface area contributed by atoms with Gasteiger partial charge < -0.3 is 15.0 Å². The van der Waals surface area contributed by atoms with Crippen LogP contribution in [0.5, 0.6) is 0 Å². The summed E-state index contributed by atoms with van der Waals surface area (Å²) in [5.41, 5.74) is 1.95. The van der Waals surface area contributed by atoms with Gasteiger partial charge in [0, 0.05) is 45.3 Å². The molecule has 132 valence electrons. The summed E-state index contributed by atoms with van der Waals surface area (Å²) in [6, 6.07) is 7.95. The fourth-order valence-corrected chi connectivity index (χ4v) is 2.42. The van der Waals surface area contributed by atoms with Crippen LogP contribution in [-0.2, 0) is 11.3 Å². The lowest BCUT2D eigenvalue weighted by molar-refractivity contribution is 0.0341. The molecule has 1 saturated heterocycles. The van der Waals surface area contributed by atoms with Crippen LogP contribution in [0.3, 0.4) is 0 Å². The molecule has 23 heavy (non-hydrogen) atoms. The molecule has 0 bridgehead atoms. The molecule has 1 heterocycles. The number of nitrogens with one attached hydrogen (secondary N) is 1. The van der Waals surface area contributed by atoms with Crippen LogP contribution in [0, 0.1) is 0 Å². The molecule has 7 heteroatoms. The van der Waals surface area contributed by atoms with Crippen LogP contribution in [0.25, 0.3) is 0 Å². The molecule has 0 aromatic heterocycles. The van der Waals surface area contributed by atoms with Crippen molar-refractivity contribution in [3.8, 4) is 0 Å². The number of hydrogen-bond donors (Lipinski definition) is 1. The normalized spacial score (nSPS) is 14.5. The number of amides is 1. The standard InChI is InChI=1S/C16H25N3O2.2ClH/c1-17-6-7-18(2)16(20)15-5-3-4-14(12-15)13-19-8-10-21-11-9-19;;/h3-5,12,17H,6-11,13H2,1-2H3;2*1H. The quantitative estimate of drug-likeness (QED) is 0.834. The molecule has 0 spiro atoms. The maximum Gasteiger partial charge on any atom is 0.253 e. The number of morpholine rings is 1. The molecule has 0 saturated carbocycles. The Balaban J connectivity index is 0.00000242. The van der Waals surface area contributed by atoms with Gasteiger partial charge >= 0.3 is 0 Å². The van der Waals surface area contributed by atoms with Crippen molar-refractivity contribution in [2.75, 3.05) is 53.5 Å². The summed E-state index contributed by atoms with van der Waals surface area (Å²) < 4.78 is 5.36. The molecule has 1 N–H and O–H groups in total. The maximum absolute atomic E-state index is 12.4. The molecule has 5 nitrogen and oxygen atoms in total. The van der Waals surface area contributed by atoms with E-state index in [-0.39, 0.29) is 30.7 Å². The van der Waals surface area contributed by atoms with E-state index in [0.717, 1.165) is 45.0 Å². The first-order chi connectivity index (χ1) is 10.2. The van der Waals surface area contributed by atoms with Crippen molar-refractivity contribution in [1.29, 1.82) is 0 Å². The highest BCUT2D eigenvalue weighted by atomic mass is 35.5.